The Morgan fingerprint density at radius 3 is 2.07 bits per heavy atom. The number of rotatable bonds is 7. The third kappa shape index (κ3) is 7.65. The number of aliphatic hydroxyl groups is 1. The van der Waals surface area contributed by atoms with Gasteiger partial charge in [-0.25, -0.2) is 0 Å². The van der Waals surface area contributed by atoms with Gasteiger partial charge in [0, 0.05) is 6.04 Å². The van der Waals surface area contributed by atoms with Crippen LogP contribution in [0.2, 0.25) is 0 Å². The van der Waals surface area contributed by atoms with Gasteiger partial charge in [-0.1, -0.05) is 84.5 Å². The van der Waals surface area contributed by atoms with E-state index in [2.05, 4.69) is 19.2 Å². The summed E-state index contributed by atoms with van der Waals surface area (Å²) in [7, 11) is 0. The maximum atomic E-state index is 14.5. The molecule has 0 aliphatic heterocycles. The van der Waals surface area contributed by atoms with E-state index >= 15 is 0 Å². The number of fused-ring (bicyclic) bond motifs is 1. The van der Waals surface area contributed by atoms with Crippen molar-refractivity contribution in [2.45, 2.75) is 167 Å². The van der Waals surface area contributed by atoms with Crippen LogP contribution in [0.1, 0.15) is 149 Å². The molecule has 0 aromatic rings. The van der Waals surface area contributed by atoms with Gasteiger partial charge in [0.25, 0.3) is 0 Å². The van der Waals surface area contributed by atoms with Crippen LogP contribution in [0.4, 0.5) is 13.2 Å². The maximum absolute atomic E-state index is 14.5. The summed E-state index contributed by atoms with van der Waals surface area (Å²) in [5.74, 6) is 5.60. The van der Waals surface area contributed by atoms with E-state index in [4.69, 9.17) is 0 Å². The third-order valence-corrected chi connectivity index (χ3v) is 14.7. The summed E-state index contributed by atoms with van der Waals surface area (Å²) in [6, 6.07) is -0.217. The zero-order chi connectivity index (χ0) is 30.1. The van der Waals surface area contributed by atoms with E-state index in [1.807, 2.05) is 0 Å². The molecule has 0 amide bonds. The van der Waals surface area contributed by atoms with Crippen LogP contribution >= 0.6 is 0 Å². The topological polar surface area (TPSA) is 32.3 Å². The van der Waals surface area contributed by atoms with Crippen molar-refractivity contribution in [3.05, 3.63) is 0 Å². The molecular formula is C38H64F3NO. The lowest BCUT2D eigenvalue weighted by Crippen LogP contribution is -2.50. The molecule has 11 atom stereocenters. The van der Waals surface area contributed by atoms with Crippen LogP contribution in [0.3, 0.4) is 0 Å². The van der Waals surface area contributed by atoms with Crippen molar-refractivity contribution in [2.75, 3.05) is 0 Å². The van der Waals surface area contributed by atoms with Crippen LogP contribution in [0, 0.1) is 71.0 Å². The first-order valence-electron chi connectivity index (χ1n) is 19.2. The van der Waals surface area contributed by atoms with Crippen LogP contribution in [-0.2, 0) is 0 Å². The van der Waals surface area contributed by atoms with Crippen LogP contribution in [0.15, 0.2) is 0 Å². The van der Waals surface area contributed by atoms with Gasteiger partial charge in [0.1, 0.15) is 6.23 Å². The van der Waals surface area contributed by atoms with Crippen LogP contribution < -0.4 is 5.32 Å². The number of alkyl halides is 3. The van der Waals surface area contributed by atoms with Crippen molar-refractivity contribution in [1.82, 2.24) is 5.32 Å². The van der Waals surface area contributed by atoms with Gasteiger partial charge in [0.2, 0.25) is 0 Å². The van der Waals surface area contributed by atoms with Gasteiger partial charge in [-0.15, -0.1) is 0 Å². The molecule has 248 valence electrons. The summed E-state index contributed by atoms with van der Waals surface area (Å²) in [6.07, 6.45) is 19.4. The molecule has 6 aliphatic rings. The Kier molecular flexibility index (Phi) is 10.8. The van der Waals surface area contributed by atoms with Crippen molar-refractivity contribution in [3.8, 4) is 0 Å². The Bertz CT molecular complexity index is 864. The normalized spacial score (nSPS) is 45.9. The van der Waals surface area contributed by atoms with Crippen molar-refractivity contribution in [3.63, 3.8) is 0 Å². The standard InChI is InChI=1S/C38H64F3NO/c1-24-12-15-31(22-34(24)36-25(2)20-29-10-6-7-11-33(29)36)37(43)42-32-19-18-30(35(23-32)38(39,40)41)21-26-13-16-28(17-14-26)27-8-4-3-5-9-27/h24-37,42-43H,3-23H2,1-2H3. The van der Waals surface area contributed by atoms with Gasteiger partial charge < -0.3 is 5.11 Å². The second kappa shape index (κ2) is 14.2. The zero-order valence-electron chi connectivity index (χ0n) is 27.5. The third-order valence-electron chi connectivity index (χ3n) is 14.7. The number of halogens is 3. The van der Waals surface area contributed by atoms with E-state index in [1.54, 1.807) is 0 Å². The van der Waals surface area contributed by atoms with E-state index < -0.39 is 18.3 Å². The van der Waals surface area contributed by atoms with Gasteiger partial charge in [-0.3, -0.25) is 5.32 Å². The highest BCUT2D eigenvalue weighted by Crippen LogP contribution is 2.56. The molecule has 0 spiro atoms. The highest BCUT2D eigenvalue weighted by molar-refractivity contribution is 4.98. The fourth-order valence-electron chi connectivity index (χ4n) is 12.4. The zero-order valence-corrected chi connectivity index (χ0v) is 27.5. The Balaban J connectivity index is 1.01. The Labute approximate surface area is 261 Å². The van der Waals surface area contributed by atoms with Crippen LogP contribution in [-0.4, -0.2) is 23.6 Å². The van der Waals surface area contributed by atoms with Crippen molar-refractivity contribution < 1.29 is 18.3 Å². The molecule has 43 heavy (non-hydrogen) atoms. The molecule has 2 N–H and O–H groups in total. The summed E-state index contributed by atoms with van der Waals surface area (Å²) in [4.78, 5) is 0. The molecule has 6 aliphatic carbocycles. The largest absolute Gasteiger partial charge is 0.392 e. The second-order valence-electron chi connectivity index (χ2n) is 17.2. The minimum atomic E-state index is -4.14. The Morgan fingerprint density at radius 1 is 0.651 bits per heavy atom. The van der Waals surface area contributed by atoms with E-state index in [0.29, 0.717) is 24.2 Å². The first-order valence-corrected chi connectivity index (χ1v) is 19.2. The second-order valence-corrected chi connectivity index (χ2v) is 17.2. The Morgan fingerprint density at radius 2 is 1.33 bits per heavy atom. The van der Waals surface area contributed by atoms with Crippen molar-refractivity contribution >= 4 is 0 Å². The lowest BCUT2D eigenvalue weighted by Gasteiger charge is -2.45. The average molecular weight is 608 g/mol. The Hall–Kier alpha value is -0.290. The fraction of sp³-hybridized carbons (Fsp3) is 1.00. The minimum absolute atomic E-state index is 0.151. The summed E-state index contributed by atoms with van der Waals surface area (Å²) in [5, 5.41) is 14.8. The summed E-state index contributed by atoms with van der Waals surface area (Å²) in [5.41, 5.74) is 0. The van der Waals surface area contributed by atoms with E-state index in [-0.39, 0.29) is 24.3 Å². The summed E-state index contributed by atoms with van der Waals surface area (Å²) in [6.45, 7) is 4.91. The lowest BCUT2D eigenvalue weighted by atomic mass is 9.62. The van der Waals surface area contributed by atoms with Gasteiger partial charge >= 0.3 is 6.18 Å². The SMILES string of the molecule is CC1CCC(C(O)NC2CCC(CC3CCC(C4CCCCC4)CC3)C(C(F)(F)F)C2)CC1C1C(C)CC2CCCCC21. The molecule has 0 aromatic carbocycles. The molecule has 0 radical (unpaired) electrons. The van der Waals surface area contributed by atoms with Gasteiger partial charge in [0.15, 0.2) is 0 Å². The van der Waals surface area contributed by atoms with Crippen molar-refractivity contribution in [1.29, 1.82) is 0 Å². The highest BCUT2D eigenvalue weighted by atomic mass is 19.4. The molecule has 0 saturated heterocycles. The maximum Gasteiger partial charge on any atom is 0.392 e. The lowest BCUT2D eigenvalue weighted by molar-refractivity contribution is -0.201. The molecule has 6 fully saturated rings. The average Bonchev–Trinajstić information content (AvgIpc) is 3.34. The van der Waals surface area contributed by atoms with E-state index in [1.165, 1.54) is 77.0 Å². The number of hydrogen-bond donors (Lipinski definition) is 2. The molecule has 6 saturated carbocycles. The molecule has 0 heterocycles. The quantitative estimate of drug-likeness (QED) is 0.282. The summed E-state index contributed by atoms with van der Waals surface area (Å²) >= 11 is 0. The van der Waals surface area contributed by atoms with Gasteiger partial charge in [-0.2, -0.15) is 13.2 Å². The molecule has 5 heteroatoms. The van der Waals surface area contributed by atoms with E-state index in [0.717, 1.165) is 80.5 Å². The van der Waals surface area contributed by atoms with Crippen LogP contribution in [0.5, 0.6) is 0 Å². The monoisotopic (exact) mass is 607 g/mol. The fourth-order valence-corrected chi connectivity index (χ4v) is 12.4. The molecule has 0 bridgehead atoms. The predicted molar refractivity (Wildman–Crippen MR) is 169 cm³/mol. The molecule has 11 unspecified atom stereocenters. The van der Waals surface area contributed by atoms with Gasteiger partial charge in [0.05, 0.1) is 5.92 Å². The number of nitrogens with one attached hydrogen (secondary N) is 1. The summed E-state index contributed by atoms with van der Waals surface area (Å²) < 4.78 is 43.4. The molecule has 2 nitrogen and oxygen atoms in total. The van der Waals surface area contributed by atoms with Crippen molar-refractivity contribution in [2.24, 2.45) is 71.0 Å². The molecule has 0 aromatic heterocycles. The molecule has 6 rings (SSSR count). The number of hydrogen-bond acceptors (Lipinski definition) is 2. The number of aliphatic hydroxyl groups excluding tert-OH is 1. The van der Waals surface area contributed by atoms with Gasteiger partial charge in [-0.05, 0) is 129 Å². The smallest absolute Gasteiger partial charge is 0.378 e. The first kappa shape index (κ1) is 32.6. The predicted octanol–water partition coefficient (Wildman–Crippen LogP) is 10.5. The highest BCUT2D eigenvalue weighted by Gasteiger charge is 2.50. The minimum Gasteiger partial charge on any atom is -0.378 e. The molecular weight excluding hydrogens is 543 g/mol. The van der Waals surface area contributed by atoms with E-state index in [9.17, 15) is 18.3 Å². The first-order chi connectivity index (χ1) is 20.7. The van der Waals surface area contributed by atoms with Crippen LogP contribution in [0.25, 0.3) is 0 Å².